The van der Waals surface area contributed by atoms with Crippen LogP contribution in [0, 0.1) is 0 Å². The molecule has 11 aromatic rings. The van der Waals surface area contributed by atoms with Gasteiger partial charge in [-0.3, -0.25) is 0 Å². The first-order chi connectivity index (χ1) is 31.0. The van der Waals surface area contributed by atoms with Crippen molar-refractivity contribution in [2.45, 2.75) is 19.3 Å². The van der Waals surface area contributed by atoms with Gasteiger partial charge in [-0.15, -0.1) is 0 Å². The van der Waals surface area contributed by atoms with E-state index in [4.69, 9.17) is 14.4 Å². The maximum atomic E-state index is 6.94. The van der Waals surface area contributed by atoms with E-state index in [1.54, 1.807) is 0 Å². The summed E-state index contributed by atoms with van der Waals surface area (Å²) >= 11 is 0. The van der Waals surface area contributed by atoms with Crippen molar-refractivity contribution >= 4 is 49.8 Å². The van der Waals surface area contributed by atoms with Crippen molar-refractivity contribution in [1.29, 1.82) is 0 Å². The topological polar surface area (TPSA) is 42.2 Å². The Morgan fingerprint density at radius 1 is 0.429 bits per heavy atom. The Morgan fingerprint density at radius 2 is 0.968 bits per heavy atom. The molecule has 0 fully saturated rings. The highest BCUT2D eigenvalue weighted by atomic mass is 16.3. The molecule has 0 radical (unpaired) electrons. The maximum absolute atomic E-state index is 6.94. The number of fused-ring (bicyclic) bond motifs is 9. The van der Waals surface area contributed by atoms with E-state index in [1.165, 1.54) is 21.9 Å². The minimum absolute atomic E-state index is 0.307. The highest BCUT2D eigenvalue weighted by Gasteiger charge is 2.41. The number of nitrogens with zero attached hydrogens (tertiary/aromatic N) is 3. The summed E-state index contributed by atoms with van der Waals surface area (Å²) in [5, 5.41) is 4.71. The molecule has 12 rings (SSSR count). The van der Waals surface area contributed by atoms with Gasteiger partial charge in [-0.2, -0.15) is 0 Å². The molecule has 2 aromatic heterocycles. The largest absolute Gasteiger partial charge is 0.454 e. The van der Waals surface area contributed by atoms with E-state index in [0.717, 1.165) is 89.3 Å². The van der Waals surface area contributed by atoms with Gasteiger partial charge >= 0.3 is 0 Å². The SMILES string of the molecule is CC1(C)c2ccccc2N(c2ccc(-c3cc(-c4cccc(-c5ccccc5)c4)nc(-c4cccc(-c5ccccc5)c4)n3)cc2)c2c1c1ccccc1c1c2oc2ccccc21. The Labute approximate surface area is 366 Å². The van der Waals surface area contributed by atoms with Crippen molar-refractivity contribution < 1.29 is 4.42 Å². The molecule has 0 aliphatic carbocycles. The summed E-state index contributed by atoms with van der Waals surface area (Å²) in [7, 11) is 0. The van der Waals surface area contributed by atoms with Crippen LogP contribution in [0.3, 0.4) is 0 Å². The fourth-order valence-electron chi connectivity index (χ4n) is 9.82. The third-order valence-electron chi connectivity index (χ3n) is 12.8. The van der Waals surface area contributed by atoms with Gasteiger partial charge in [0.25, 0.3) is 0 Å². The second-order valence-corrected chi connectivity index (χ2v) is 17.0. The summed E-state index contributed by atoms with van der Waals surface area (Å²) in [6.45, 7) is 4.70. The quantitative estimate of drug-likeness (QED) is 0.168. The van der Waals surface area contributed by atoms with Crippen molar-refractivity contribution in [2.75, 3.05) is 4.90 Å². The van der Waals surface area contributed by atoms with Crippen LogP contribution in [0.2, 0.25) is 0 Å². The van der Waals surface area contributed by atoms with E-state index in [2.05, 4.69) is 225 Å². The van der Waals surface area contributed by atoms with Crippen molar-refractivity contribution in [1.82, 2.24) is 9.97 Å². The fraction of sp³-hybridized carbons (Fsp3) is 0.0508. The van der Waals surface area contributed by atoms with Gasteiger partial charge in [0, 0.05) is 38.6 Å². The Bertz CT molecular complexity index is 3430. The highest BCUT2D eigenvalue weighted by Crippen LogP contribution is 2.58. The van der Waals surface area contributed by atoms with Gasteiger partial charge in [-0.1, -0.05) is 184 Å². The number of anilines is 3. The van der Waals surface area contributed by atoms with Crippen LogP contribution in [-0.2, 0) is 5.41 Å². The monoisotopic (exact) mass is 807 g/mol. The molecular formula is C59H41N3O. The molecule has 0 spiro atoms. The molecule has 0 amide bonds. The summed E-state index contributed by atoms with van der Waals surface area (Å²) < 4.78 is 6.94. The fourth-order valence-corrected chi connectivity index (χ4v) is 9.82. The molecule has 0 saturated heterocycles. The molecule has 63 heavy (non-hydrogen) atoms. The van der Waals surface area contributed by atoms with Gasteiger partial charge in [0.05, 0.1) is 22.8 Å². The van der Waals surface area contributed by atoms with Crippen molar-refractivity contribution in [2.24, 2.45) is 0 Å². The number of benzene rings is 9. The van der Waals surface area contributed by atoms with E-state index in [0.29, 0.717) is 5.82 Å². The van der Waals surface area contributed by atoms with Crippen LogP contribution in [-0.4, -0.2) is 9.97 Å². The molecule has 3 heterocycles. The molecule has 4 nitrogen and oxygen atoms in total. The third-order valence-corrected chi connectivity index (χ3v) is 12.8. The standard InChI is InChI=1S/C59H41N3O/c1-59(2)49-28-12-13-29-52(49)62(56-55(59)47-26-10-9-25-46(47)54-48-27-11-14-30-53(48)63-57(54)56)45-33-31-40(32-34-45)50-37-51(43-23-15-21-41(35-43)38-17-5-3-6-18-38)61-58(60-50)44-24-16-22-42(36-44)39-19-7-4-8-20-39/h3-37H,1-2H3. The predicted octanol–water partition coefficient (Wildman–Crippen LogP) is 16.0. The molecule has 1 aliphatic rings. The summed E-state index contributed by atoms with van der Waals surface area (Å²) in [4.78, 5) is 13.0. The number of hydrogen-bond acceptors (Lipinski definition) is 4. The Morgan fingerprint density at radius 3 is 1.68 bits per heavy atom. The van der Waals surface area contributed by atoms with Gasteiger partial charge in [-0.05, 0) is 86.6 Å². The van der Waals surface area contributed by atoms with Crippen LogP contribution in [0.5, 0.6) is 0 Å². The van der Waals surface area contributed by atoms with E-state index in [1.807, 2.05) is 6.07 Å². The average Bonchev–Trinajstić information content (AvgIpc) is 3.75. The van der Waals surface area contributed by atoms with Gasteiger partial charge in [-0.25, -0.2) is 9.97 Å². The van der Waals surface area contributed by atoms with E-state index in [-0.39, 0.29) is 5.41 Å². The maximum Gasteiger partial charge on any atom is 0.160 e. The number of aromatic nitrogens is 2. The number of furan rings is 1. The number of rotatable bonds is 6. The van der Waals surface area contributed by atoms with Gasteiger partial charge in [0.2, 0.25) is 0 Å². The first-order valence-corrected chi connectivity index (χ1v) is 21.6. The summed E-state index contributed by atoms with van der Waals surface area (Å²) in [6.07, 6.45) is 0. The summed E-state index contributed by atoms with van der Waals surface area (Å²) in [5.41, 5.74) is 16.6. The second kappa shape index (κ2) is 14.5. The lowest BCUT2D eigenvalue weighted by Gasteiger charge is -2.42. The third kappa shape index (κ3) is 6.06. The molecular weight excluding hydrogens is 767 g/mol. The first kappa shape index (κ1) is 36.7. The first-order valence-electron chi connectivity index (χ1n) is 21.6. The molecule has 0 unspecified atom stereocenters. The zero-order valence-electron chi connectivity index (χ0n) is 35.0. The van der Waals surface area contributed by atoms with Crippen LogP contribution >= 0.6 is 0 Å². The molecule has 0 N–H and O–H groups in total. The van der Waals surface area contributed by atoms with Gasteiger partial charge < -0.3 is 9.32 Å². The lowest BCUT2D eigenvalue weighted by molar-refractivity contribution is 0.629. The van der Waals surface area contributed by atoms with Crippen molar-refractivity contribution in [3.8, 4) is 56.2 Å². The zero-order chi connectivity index (χ0) is 42.1. The molecule has 0 bridgehead atoms. The van der Waals surface area contributed by atoms with Crippen LogP contribution in [0.25, 0.3) is 88.9 Å². The van der Waals surface area contributed by atoms with Crippen LogP contribution in [0.1, 0.15) is 25.0 Å². The normalized spacial score (nSPS) is 13.0. The smallest absolute Gasteiger partial charge is 0.160 e. The minimum Gasteiger partial charge on any atom is -0.454 e. The summed E-state index contributed by atoms with van der Waals surface area (Å²) in [6, 6.07) is 75.2. The van der Waals surface area contributed by atoms with E-state index < -0.39 is 0 Å². The predicted molar refractivity (Wildman–Crippen MR) is 261 cm³/mol. The second-order valence-electron chi connectivity index (χ2n) is 17.0. The lowest BCUT2D eigenvalue weighted by Crippen LogP contribution is -2.31. The van der Waals surface area contributed by atoms with Crippen molar-refractivity contribution in [3.63, 3.8) is 0 Å². The molecule has 0 saturated carbocycles. The minimum atomic E-state index is -0.307. The Kier molecular flexibility index (Phi) is 8.48. The molecule has 9 aromatic carbocycles. The molecule has 4 heteroatoms. The highest BCUT2D eigenvalue weighted by molar-refractivity contribution is 6.25. The Hall–Kier alpha value is -8.08. The summed E-state index contributed by atoms with van der Waals surface area (Å²) in [5.74, 6) is 0.676. The molecule has 0 atom stereocenters. The zero-order valence-corrected chi connectivity index (χ0v) is 35.0. The average molecular weight is 808 g/mol. The number of hydrogen-bond donors (Lipinski definition) is 0. The van der Waals surface area contributed by atoms with Gasteiger partial charge in [0.1, 0.15) is 5.58 Å². The molecule has 298 valence electrons. The van der Waals surface area contributed by atoms with E-state index in [9.17, 15) is 0 Å². The number of para-hydroxylation sites is 2. The van der Waals surface area contributed by atoms with Crippen molar-refractivity contribution in [3.05, 3.63) is 223 Å². The van der Waals surface area contributed by atoms with Gasteiger partial charge in [0.15, 0.2) is 11.4 Å². The van der Waals surface area contributed by atoms with E-state index >= 15 is 0 Å². The Balaban J connectivity index is 1.04. The lowest BCUT2D eigenvalue weighted by atomic mass is 9.71. The molecule has 1 aliphatic heterocycles. The van der Waals surface area contributed by atoms with Crippen LogP contribution < -0.4 is 4.90 Å². The van der Waals surface area contributed by atoms with Crippen LogP contribution in [0.15, 0.2) is 217 Å². The van der Waals surface area contributed by atoms with Crippen LogP contribution in [0.4, 0.5) is 17.1 Å².